The van der Waals surface area contributed by atoms with E-state index in [9.17, 15) is 0 Å². The van der Waals surface area contributed by atoms with E-state index in [-0.39, 0.29) is 12.1 Å². The molecule has 0 amide bonds. The molecule has 0 spiro atoms. The number of hydrogen-bond donors (Lipinski definition) is 2. The fraction of sp³-hybridized carbons (Fsp3) is 0.333. The molecule has 0 aromatic heterocycles. The summed E-state index contributed by atoms with van der Waals surface area (Å²) < 4.78 is 0. The predicted octanol–water partition coefficient (Wildman–Crippen LogP) is 3.79. The number of nitrogens with two attached hydrogens (primary N) is 1. The Morgan fingerprint density at radius 2 is 2.00 bits per heavy atom. The Morgan fingerprint density at radius 1 is 1.26 bits per heavy atom. The molecule has 2 aromatic rings. The van der Waals surface area contributed by atoms with Gasteiger partial charge in [-0.3, -0.25) is 4.99 Å². The molecule has 27 heavy (non-hydrogen) atoms. The molecule has 0 aliphatic carbocycles. The van der Waals surface area contributed by atoms with E-state index in [4.69, 9.17) is 15.7 Å². The Morgan fingerprint density at radius 3 is 2.70 bits per heavy atom. The van der Waals surface area contributed by atoms with Gasteiger partial charge in [0, 0.05) is 5.75 Å². The van der Waals surface area contributed by atoms with Crippen LogP contribution in [0.15, 0.2) is 58.7 Å². The first-order valence-electron chi connectivity index (χ1n) is 8.94. The largest absolute Gasteiger partial charge is 0.392 e. The minimum atomic E-state index is -0.291. The quantitative estimate of drug-likeness (QED) is 0.587. The summed E-state index contributed by atoms with van der Waals surface area (Å²) in [5, 5.41) is 14.0. The number of aliphatic hydroxyl groups is 1. The number of benzene rings is 2. The number of amidine groups is 1. The van der Waals surface area contributed by atoms with Crippen LogP contribution in [0.1, 0.15) is 42.5 Å². The molecule has 1 atom stereocenters. The highest BCUT2D eigenvalue weighted by Gasteiger charge is 2.29. The standard InChI is InChI=1S/C21H25N3O2S/c1-15(24-26-14-17-8-6-16(13-25)7-9-17)18-4-3-5-19(12-18)21(2)10-11-27-20(22)23-21/h3-9,12,25H,10-11,13-14H2,1-2H3,(H2,22,23)/b24-15+. The minimum absolute atomic E-state index is 0.0437. The fourth-order valence-electron chi connectivity index (χ4n) is 2.97. The van der Waals surface area contributed by atoms with Crippen LogP contribution < -0.4 is 5.73 Å². The van der Waals surface area contributed by atoms with Crippen molar-refractivity contribution >= 4 is 22.6 Å². The minimum Gasteiger partial charge on any atom is -0.392 e. The lowest BCUT2D eigenvalue weighted by Gasteiger charge is -2.30. The molecule has 0 radical (unpaired) electrons. The molecule has 0 bridgehead atoms. The van der Waals surface area contributed by atoms with Crippen molar-refractivity contribution < 1.29 is 9.94 Å². The van der Waals surface area contributed by atoms with Gasteiger partial charge in [0.15, 0.2) is 5.17 Å². The highest BCUT2D eigenvalue weighted by atomic mass is 32.2. The summed E-state index contributed by atoms with van der Waals surface area (Å²) in [6.45, 7) is 4.49. The lowest BCUT2D eigenvalue weighted by atomic mass is 9.88. The maximum Gasteiger partial charge on any atom is 0.154 e. The molecule has 5 nitrogen and oxygen atoms in total. The molecule has 2 aromatic carbocycles. The summed E-state index contributed by atoms with van der Waals surface area (Å²) in [6.07, 6.45) is 0.957. The molecule has 0 saturated carbocycles. The van der Waals surface area contributed by atoms with Crippen molar-refractivity contribution in [3.8, 4) is 0 Å². The van der Waals surface area contributed by atoms with Gasteiger partial charge in [-0.15, -0.1) is 0 Å². The highest BCUT2D eigenvalue weighted by molar-refractivity contribution is 8.13. The fourth-order valence-corrected chi connectivity index (χ4v) is 3.95. The topological polar surface area (TPSA) is 80.2 Å². The molecule has 3 rings (SSSR count). The van der Waals surface area contributed by atoms with E-state index in [0.717, 1.165) is 40.1 Å². The van der Waals surface area contributed by atoms with Gasteiger partial charge in [-0.05, 0) is 48.6 Å². The van der Waals surface area contributed by atoms with Gasteiger partial charge in [0.05, 0.1) is 17.9 Å². The Kier molecular flexibility index (Phi) is 6.19. The summed E-state index contributed by atoms with van der Waals surface area (Å²) in [7, 11) is 0. The average Bonchev–Trinajstić information content (AvgIpc) is 2.68. The maximum atomic E-state index is 9.08. The third-order valence-electron chi connectivity index (χ3n) is 4.74. The van der Waals surface area contributed by atoms with Gasteiger partial charge >= 0.3 is 0 Å². The second-order valence-electron chi connectivity index (χ2n) is 6.83. The first-order valence-corrected chi connectivity index (χ1v) is 9.93. The summed E-state index contributed by atoms with van der Waals surface area (Å²) in [5.41, 5.74) is 10.5. The Labute approximate surface area is 164 Å². The molecule has 1 unspecified atom stereocenters. The third kappa shape index (κ3) is 4.90. The van der Waals surface area contributed by atoms with Crippen molar-refractivity contribution in [2.75, 3.05) is 5.75 Å². The van der Waals surface area contributed by atoms with Crippen molar-refractivity contribution in [3.05, 3.63) is 70.8 Å². The number of hydrogen-bond acceptors (Lipinski definition) is 6. The van der Waals surface area contributed by atoms with Gasteiger partial charge in [0.25, 0.3) is 0 Å². The van der Waals surface area contributed by atoms with Crippen LogP contribution in [0.4, 0.5) is 0 Å². The van der Waals surface area contributed by atoms with Crippen LogP contribution in [0, 0.1) is 0 Å². The molecule has 0 saturated heterocycles. The number of rotatable bonds is 6. The van der Waals surface area contributed by atoms with Crippen molar-refractivity contribution in [3.63, 3.8) is 0 Å². The predicted molar refractivity (Wildman–Crippen MR) is 112 cm³/mol. The molecular weight excluding hydrogens is 358 g/mol. The van der Waals surface area contributed by atoms with Crippen molar-refractivity contribution in [1.82, 2.24) is 0 Å². The van der Waals surface area contributed by atoms with Gasteiger partial charge in [0.1, 0.15) is 6.61 Å². The van der Waals surface area contributed by atoms with Crippen molar-refractivity contribution in [1.29, 1.82) is 0 Å². The van der Waals surface area contributed by atoms with Gasteiger partial charge in [0.2, 0.25) is 0 Å². The van der Waals surface area contributed by atoms with E-state index in [1.165, 1.54) is 0 Å². The SMILES string of the molecule is C/C(=N\OCc1ccc(CO)cc1)c1cccc(C2(C)CCSC(N)=N2)c1. The van der Waals surface area contributed by atoms with E-state index >= 15 is 0 Å². The summed E-state index contributed by atoms with van der Waals surface area (Å²) in [5.74, 6) is 0.974. The molecule has 1 aliphatic heterocycles. The monoisotopic (exact) mass is 383 g/mol. The Hall–Kier alpha value is -2.31. The zero-order chi connectivity index (χ0) is 19.3. The van der Waals surface area contributed by atoms with Gasteiger partial charge in [-0.2, -0.15) is 0 Å². The second-order valence-corrected chi connectivity index (χ2v) is 7.94. The van der Waals surface area contributed by atoms with Crippen molar-refractivity contribution in [2.24, 2.45) is 15.9 Å². The van der Waals surface area contributed by atoms with Crippen LogP contribution in [0.25, 0.3) is 0 Å². The number of thioether (sulfide) groups is 1. The second kappa shape index (κ2) is 8.59. The lowest BCUT2D eigenvalue weighted by molar-refractivity contribution is 0.130. The van der Waals surface area contributed by atoms with E-state index < -0.39 is 0 Å². The maximum absolute atomic E-state index is 9.08. The van der Waals surface area contributed by atoms with Crippen LogP contribution in [-0.2, 0) is 23.6 Å². The smallest absolute Gasteiger partial charge is 0.154 e. The highest BCUT2D eigenvalue weighted by Crippen LogP contribution is 2.35. The first-order chi connectivity index (χ1) is 13.0. The summed E-state index contributed by atoms with van der Waals surface area (Å²) in [6, 6.07) is 15.9. The zero-order valence-corrected chi connectivity index (χ0v) is 16.5. The number of nitrogens with zero attached hydrogens (tertiary/aromatic N) is 2. The lowest BCUT2D eigenvalue weighted by Crippen LogP contribution is -2.28. The molecule has 0 fully saturated rings. The van der Waals surface area contributed by atoms with Crippen molar-refractivity contribution in [2.45, 2.75) is 39.0 Å². The number of aliphatic imine (C=N–C) groups is 1. The van der Waals surface area contributed by atoms with E-state index in [1.54, 1.807) is 11.8 Å². The van der Waals surface area contributed by atoms with Crippen LogP contribution in [0.5, 0.6) is 0 Å². The summed E-state index contributed by atoms with van der Waals surface area (Å²) >= 11 is 1.61. The van der Waals surface area contributed by atoms with E-state index in [2.05, 4.69) is 29.2 Å². The molecule has 1 aliphatic rings. The first kappa shape index (κ1) is 19.5. The average molecular weight is 384 g/mol. The molecule has 6 heteroatoms. The summed E-state index contributed by atoms with van der Waals surface area (Å²) in [4.78, 5) is 10.2. The van der Waals surface area contributed by atoms with Crippen LogP contribution >= 0.6 is 11.8 Å². The molecule has 142 valence electrons. The number of aliphatic hydroxyl groups excluding tert-OH is 1. The molecule has 1 heterocycles. The van der Waals surface area contributed by atoms with E-state index in [1.807, 2.05) is 43.3 Å². The Bertz CT molecular complexity index is 849. The van der Waals surface area contributed by atoms with Gasteiger partial charge < -0.3 is 15.7 Å². The van der Waals surface area contributed by atoms with Gasteiger partial charge in [-0.1, -0.05) is 59.4 Å². The Balaban J connectivity index is 1.70. The number of oxime groups is 1. The van der Waals surface area contributed by atoms with E-state index in [0.29, 0.717) is 11.8 Å². The van der Waals surface area contributed by atoms with Crippen LogP contribution in [0.3, 0.4) is 0 Å². The van der Waals surface area contributed by atoms with Crippen LogP contribution in [0.2, 0.25) is 0 Å². The normalized spacial score (nSPS) is 20.3. The zero-order valence-electron chi connectivity index (χ0n) is 15.7. The van der Waals surface area contributed by atoms with Crippen LogP contribution in [-0.4, -0.2) is 21.7 Å². The molecule has 3 N–H and O–H groups in total. The van der Waals surface area contributed by atoms with Gasteiger partial charge in [-0.25, -0.2) is 0 Å². The third-order valence-corrected chi connectivity index (χ3v) is 5.53. The molecular formula is C21H25N3O2S.